The highest BCUT2D eigenvalue weighted by atomic mass is 79.9. The van der Waals surface area contributed by atoms with E-state index in [1.807, 2.05) is 0 Å². The van der Waals surface area contributed by atoms with Crippen LogP contribution in [-0.2, 0) is 10.0 Å². The molecule has 1 aromatic rings. The maximum atomic E-state index is 12.3. The normalized spacial score (nSPS) is 18.5. The van der Waals surface area contributed by atoms with Crippen molar-refractivity contribution in [3.63, 3.8) is 0 Å². The van der Waals surface area contributed by atoms with Gasteiger partial charge in [0.25, 0.3) is 0 Å². The zero-order chi connectivity index (χ0) is 15.3. The lowest BCUT2D eigenvalue weighted by Crippen LogP contribution is -2.33. The number of halogens is 2. The van der Waals surface area contributed by atoms with Crippen LogP contribution in [-0.4, -0.2) is 35.2 Å². The van der Waals surface area contributed by atoms with E-state index >= 15 is 0 Å². The third kappa shape index (κ3) is 5.70. The Labute approximate surface area is 146 Å². The molecule has 1 aromatic carbocycles. The van der Waals surface area contributed by atoms with Crippen LogP contribution in [0.2, 0.25) is 0 Å². The van der Waals surface area contributed by atoms with Crippen LogP contribution < -0.4 is 14.8 Å². The van der Waals surface area contributed by atoms with Gasteiger partial charge >= 0.3 is 0 Å². The molecule has 0 aromatic heterocycles. The Balaban J connectivity index is 0.00000242. The second-order valence-electron chi connectivity index (χ2n) is 5.23. The Morgan fingerprint density at radius 3 is 2.82 bits per heavy atom. The molecule has 2 rings (SSSR count). The van der Waals surface area contributed by atoms with Crippen molar-refractivity contribution >= 4 is 38.4 Å². The molecule has 0 radical (unpaired) electrons. The fourth-order valence-electron chi connectivity index (χ4n) is 2.46. The summed E-state index contributed by atoms with van der Waals surface area (Å²) in [5.41, 5.74) is 0. The van der Waals surface area contributed by atoms with Gasteiger partial charge in [-0.05, 0) is 50.4 Å². The molecule has 1 atom stereocenters. The summed E-state index contributed by atoms with van der Waals surface area (Å²) in [7, 11) is -1.98. The van der Waals surface area contributed by atoms with Gasteiger partial charge in [0, 0.05) is 17.1 Å². The molecule has 0 aliphatic carbocycles. The number of rotatable bonds is 6. The minimum atomic E-state index is -3.50. The monoisotopic (exact) mass is 412 g/mol. The molecule has 22 heavy (non-hydrogen) atoms. The summed E-state index contributed by atoms with van der Waals surface area (Å²) >= 11 is 3.30. The van der Waals surface area contributed by atoms with E-state index in [2.05, 4.69) is 26.0 Å². The smallest absolute Gasteiger partial charge is 0.240 e. The van der Waals surface area contributed by atoms with Gasteiger partial charge in [0.1, 0.15) is 5.75 Å². The van der Waals surface area contributed by atoms with Crippen LogP contribution in [0.25, 0.3) is 0 Å². The van der Waals surface area contributed by atoms with Crippen LogP contribution in [0.4, 0.5) is 0 Å². The summed E-state index contributed by atoms with van der Waals surface area (Å²) in [5, 5.41) is 3.34. The van der Waals surface area contributed by atoms with E-state index in [1.165, 1.54) is 26.0 Å². The van der Waals surface area contributed by atoms with Crippen LogP contribution in [0, 0.1) is 5.92 Å². The third-order valence-electron chi connectivity index (χ3n) is 3.63. The van der Waals surface area contributed by atoms with Crippen molar-refractivity contribution in [3.8, 4) is 5.75 Å². The molecule has 126 valence electrons. The molecule has 0 spiro atoms. The predicted octanol–water partition coefficient (Wildman–Crippen LogP) is 2.55. The molecule has 0 saturated carbocycles. The number of benzene rings is 1. The first-order valence-corrected chi connectivity index (χ1v) is 9.34. The lowest BCUT2D eigenvalue weighted by molar-refractivity contribution is 0.358. The zero-order valence-electron chi connectivity index (χ0n) is 12.5. The maximum absolute atomic E-state index is 12.3. The highest BCUT2D eigenvalue weighted by Crippen LogP contribution is 2.24. The molecular weight excluding hydrogens is 392 g/mol. The van der Waals surface area contributed by atoms with Gasteiger partial charge in [-0.1, -0.05) is 15.9 Å². The summed E-state index contributed by atoms with van der Waals surface area (Å²) < 4.78 is 33.0. The van der Waals surface area contributed by atoms with Crippen molar-refractivity contribution < 1.29 is 13.2 Å². The van der Waals surface area contributed by atoms with Gasteiger partial charge < -0.3 is 10.1 Å². The number of piperidine rings is 1. The zero-order valence-corrected chi connectivity index (χ0v) is 15.7. The standard InChI is InChI=1S/C14H21BrN2O3S.ClH/c1-20-13-7-12(15)8-14(9-13)21(18,19)17-6-4-11-3-2-5-16-10-11;/h7-9,11,16-17H,2-6,10H2,1H3;1H. The van der Waals surface area contributed by atoms with Crippen LogP contribution in [0.3, 0.4) is 0 Å². The topological polar surface area (TPSA) is 67.4 Å². The Morgan fingerprint density at radius 1 is 1.41 bits per heavy atom. The van der Waals surface area contributed by atoms with Crippen molar-refractivity contribution in [3.05, 3.63) is 22.7 Å². The van der Waals surface area contributed by atoms with Crippen LogP contribution in [0.15, 0.2) is 27.6 Å². The number of ether oxygens (including phenoxy) is 1. The van der Waals surface area contributed by atoms with Crippen molar-refractivity contribution in [2.45, 2.75) is 24.2 Å². The summed E-state index contributed by atoms with van der Waals surface area (Å²) in [5.74, 6) is 1.07. The van der Waals surface area contributed by atoms with Gasteiger partial charge in [0.05, 0.1) is 12.0 Å². The maximum Gasteiger partial charge on any atom is 0.240 e. The molecule has 1 aliphatic rings. The lowest BCUT2D eigenvalue weighted by Gasteiger charge is -2.22. The fourth-order valence-corrected chi connectivity index (χ4v) is 4.19. The minimum Gasteiger partial charge on any atom is -0.497 e. The third-order valence-corrected chi connectivity index (χ3v) is 5.53. The van der Waals surface area contributed by atoms with E-state index in [1.54, 1.807) is 12.1 Å². The Morgan fingerprint density at radius 2 is 2.18 bits per heavy atom. The minimum absolute atomic E-state index is 0. The van der Waals surface area contributed by atoms with Gasteiger partial charge in [0.15, 0.2) is 0 Å². The van der Waals surface area contributed by atoms with E-state index in [4.69, 9.17) is 4.74 Å². The molecule has 8 heteroatoms. The van der Waals surface area contributed by atoms with Crippen LogP contribution >= 0.6 is 28.3 Å². The molecule has 0 amide bonds. The van der Waals surface area contributed by atoms with Gasteiger partial charge in [-0.2, -0.15) is 0 Å². The molecule has 1 fully saturated rings. The highest BCUT2D eigenvalue weighted by Gasteiger charge is 2.18. The quantitative estimate of drug-likeness (QED) is 0.752. The first-order valence-electron chi connectivity index (χ1n) is 7.06. The molecule has 2 N–H and O–H groups in total. The Kier molecular flexibility index (Phi) is 8.13. The number of hydrogen-bond acceptors (Lipinski definition) is 4. The lowest BCUT2D eigenvalue weighted by atomic mass is 9.96. The number of hydrogen-bond donors (Lipinski definition) is 2. The van der Waals surface area contributed by atoms with Crippen LogP contribution in [0.1, 0.15) is 19.3 Å². The first kappa shape index (κ1) is 19.7. The van der Waals surface area contributed by atoms with E-state index in [0.717, 1.165) is 19.5 Å². The highest BCUT2D eigenvalue weighted by molar-refractivity contribution is 9.10. The van der Waals surface area contributed by atoms with E-state index in [-0.39, 0.29) is 17.3 Å². The summed E-state index contributed by atoms with van der Waals surface area (Å²) in [6, 6.07) is 4.83. The summed E-state index contributed by atoms with van der Waals surface area (Å²) in [4.78, 5) is 0.218. The van der Waals surface area contributed by atoms with Crippen LogP contribution in [0.5, 0.6) is 5.75 Å². The number of nitrogens with one attached hydrogen (secondary N) is 2. The second-order valence-corrected chi connectivity index (χ2v) is 7.91. The Hall–Kier alpha value is -0.340. The van der Waals surface area contributed by atoms with E-state index in [0.29, 0.717) is 22.7 Å². The van der Waals surface area contributed by atoms with Gasteiger partial charge in [-0.15, -0.1) is 12.4 Å². The summed E-state index contributed by atoms with van der Waals surface area (Å²) in [6.07, 6.45) is 3.19. The van der Waals surface area contributed by atoms with E-state index in [9.17, 15) is 8.42 Å². The fraction of sp³-hybridized carbons (Fsp3) is 0.571. The van der Waals surface area contributed by atoms with Crippen molar-refractivity contribution in [2.24, 2.45) is 5.92 Å². The average molecular weight is 414 g/mol. The molecular formula is C14H22BrClN2O3S. The van der Waals surface area contributed by atoms with Crippen molar-refractivity contribution in [1.29, 1.82) is 0 Å². The van der Waals surface area contributed by atoms with Crippen molar-refractivity contribution in [1.82, 2.24) is 10.0 Å². The number of sulfonamides is 1. The average Bonchev–Trinajstić information content (AvgIpc) is 2.47. The summed E-state index contributed by atoms with van der Waals surface area (Å²) in [6.45, 7) is 2.51. The van der Waals surface area contributed by atoms with Gasteiger partial charge in [0.2, 0.25) is 10.0 Å². The molecule has 1 saturated heterocycles. The van der Waals surface area contributed by atoms with E-state index < -0.39 is 10.0 Å². The molecule has 0 bridgehead atoms. The molecule has 1 unspecified atom stereocenters. The SMILES string of the molecule is COc1cc(Br)cc(S(=O)(=O)NCCC2CCCNC2)c1.Cl. The second kappa shape index (κ2) is 9.08. The molecule has 1 aliphatic heterocycles. The van der Waals surface area contributed by atoms with Crippen molar-refractivity contribution in [2.75, 3.05) is 26.7 Å². The first-order chi connectivity index (χ1) is 10.0. The molecule has 1 heterocycles. The largest absolute Gasteiger partial charge is 0.497 e. The predicted molar refractivity (Wildman–Crippen MR) is 93.3 cm³/mol. The van der Waals surface area contributed by atoms with Gasteiger partial charge in [-0.3, -0.25) is 0 Å². The Bertz CT molecular complexity index is 577. The van der Waals surface area contributed by atoms with Gasteiger partial charge in [-0.25, -0.2) is 13.1 Å². The number of methoxy groups -OCH3 is 1. The molecule has 5 nitrogen and oxygen atoms in total.